The highest BCUT2D eigenvalue weighted by molar-refractivity contribution is 9.10. The molecular weight excluding hydrogens is 234 g/mol. The largest absolute Gasteiger partial charge is 0.326 e. The van der Waals surface area contributed by atoms with Crippen molar-refractivity contribution >= 4 is 27.7 Å². The molecule has 0 aliphatic heterocycles. The van der Waals surface area contributed by atoms with Gasteiger partial charge in [0.15, 0.2) is 0 Å². The van der Waals surface area contributed by atoms with Crippen LogP contribution in [-0.4, -0.2) is 12.5 Å². The van der Waals surface area contributed by atoms with Gasteiger partial charge in [-0.2, -0.15) is 11.8 Å². The van der Waals surface area contributed by atoms with Crippen molar-refractivity contribution in [2.45, 2.75) is 6.54 Å². The highest BCUT2D eigenvalue weighted by Gasteiger charge is 1.87. The molecule has 0 saturated carbocycles. The van der Waals surface area contributed by atoms with Crippen LogP contribution in [0, 0.1) is 0 Å². The molecule has 1 aromatic rings. The molecule has 0 radical (unpaired) electrons. The minimum absolute atomic E-state index is 0.611. The number of hydrogen-bond acceptors (Lipinski definition) is 2. The Bertz CT molecular complexity index is 215. The number of nitrogens with two attached hydrogens (primary N) is 1. The topological polar surface area (TPSA) is 26.0 Å². The summed E-state index contributed by atoms with van der Waals surface area (Å²) in [5.74, 6) is 0. The first-order valence-electron chi connectivity index (χ1n) is 3.59. The van der Waals surface area contributed by atoms with Gasteiger partial charge >= 0.3 is 0 Å². The highest BCUT2D eigenvalue weighted by Crippen LogP contribution is 2.10. The molecule has 0 aliphatic rings. The van der Waals surface area contributed by atoms with Crippen molar-refractivity contribution in [3.05, 3.63) is 34.3 Å². The molecule has 0 amide bonds. The summed E-state index contributed by atoms with van der Waals surface area (Å²) in [5, 5.41) is 0. The Balaban J connectivity index is 0.000000354. The zero-order valence-corrected chi connectivity index (χ0v) is 9.78. The molecule has 3 heteroatoms. The molecule has 1 aromatic carbocycles. The Morgan fingerprint density at radius 3 is 2.33 bits per heavy atom. The molecule has 2 N–H and O–H groups in total. The van der Waals surface area contributed by atoms with Gasteiger partial charge in [-0.3, -0.25) is 0 Å². The fourth-order valence-electron chi connectivity index (χ4n) is 0.664. The van der Waals surface area contributed by atoms with Crippen molar-refractivity contribution in [2.24, 2.45) is 5.73 Å². The SMILES string of the molecule is CSC.NCc1cccc(Br)c1. The maximum Gasteiger partial charge on any atom is 0.0178 e. The number of halogens is 1. The van der Waals surface area contributed by atoms with E-state index in [0.717, 1.165) is 10.0 Å². The summed E-state index contributed by atoms with van der Waals surface area (Å²) < 4.78 is 1.09. The van der Waals surface area contributed by atoms with Gasteiger partial charge in [-0.25, -0.2) is 0 Å². The number of benzene rings is 1. The van der Waals surface area contributed by atoms with E-state index in [-0.39, 0.29) is 0 Å². The van der Waals surface area contributed by atoms with E-state index >= 15 is 0 Å². The summed E-state index contributed by atoms with van der Waals surface area (Å²) in [4.78, 5) is 0. The van der Waals surface area contributed by atoms with Crippen LogP contribution in [0.1, 0.15) is 5.56 Å². The fourth-order valence-corrected chi connectivity index (χ4v) is 1.11. The van der Waals surface area contributed by atoms with Crippen molar-refractivity contribution in [2.75, 3.05) is 12.5 Å². The maximum atomic E-state index is 5.40. The van der Waals surface area contributed by atoms with Gasteiger partial charge in [0.05, 0.1) is 0 Å². The van der Waals surface area contributed by atoms with Crippen molar-refractivity contribution in [3.8, 4) is 0 Å². The van der Waals surface area contributed by atoms with Crippen LogP contribution >= 0.6 is 27.7 Å². The lowest BCUT2D eigenvalue weighted by molar-refractivity contribution is 1.07. The van der Waals surface area contributed by atoms with Crippen LogP contribution in [0.5, 0.6) is 0 Å². The Morgan fingerprint density at radius 1 is 1.42 bits per heavy atom. The van der Waals surface area contributed by atoms with Crippen molar-refractivity contribution in [3.63, 3.8) is 0 Å². The van der Waals surface area contributed by atoms with Crippen LogP contribution in [0.4, 0.5) is 0 Å². The second kappa shape index (κ2) is 7.65. The molecule has 0 fully saturated rings. The Labute approximate surface area is 86.9 Å². The average Bonchev–Trinajstić information content (AvgIpc) is 2.06. The van der Waals surface area contributed by atoms with Gasteiger partial charge in [0, 0.05) is 11.0 Å². The molecule has 0 spiro atoms. The van der Waals surface area contributed by atoms with E-state index < -0.39 is 0 Å². The van der Waals surface area contributed by atoms with E-state index in [4.69, 9.17) is 5.73 Å². The predicted molar refractivity (Wildman–Crippen MR) is 61.5 cm³/mol. The smallest absolute Gasteiger partial charge is 0.0178 e. The highest BCUT2D eigenvalue weighted by atomic mass is 79.9. The van der Waals surface area contributed by atoms with Gasteiger partial charge in [0.2, 0.25) is 0 Å². The molecule has 0 unspecified atom stereocenters. The minimum atomic E-state index is 0.611. The quantitative estimate of drug-likeness (QED) is 0.827. The molecule has 0 saturated heterocycles. The minimum Gasteiger partial charge on any atom is -0.326 e. The number of thioether (sulfide) groups is 1. The van der Waals surface area contributed by atoms with E-state index in [9.17, 15) is 0 Å². The molecule has 0 atom stereocenters. The molecule has 1 nitrogen and oxygen atoms in total. The summed E-state index contributed by atoms with van der Waals surface area (Å²) in [7, 11) is 0. The van der Waals surface area contributed by atoms with Gasteiger partial charge in [-0.05, 0) is 30.2 Å². The Kier molecular flexibility index (Phi) is 7.65. The van der Waals surface area contributed by atoms with Crippen LogP contribution in [0.2, 0.25) is 0 Å². The lowest BCUT2D eigenvalue weighted by Gasteiger charge is -1.94. The zero-order valence-electron chi connectivity index (χ0n) is 7.38. The van der Waals surface area contributed by atoms with Gasteiger partial charge < -0.3 is 5.73 Å². The third-order valence-corrected chi connectivity index (χ3v) is 1.62. The van der Waals surface area contributed by atoms with E-state index in [2.05, 4.69) is 15.9 Å². The van der Waals surface area contributed by atoms with Gasteiger partial charge in [0.25, 0.3) is 0 Å². The van der Waals surface area contributed by atoms with Gasteiger partial charge in [-0.1, -0.05) is 28.1 Å². The average molecular weight is 248 g/mol. The van der Waals surface area contributed by atoms with E-state index in [1.807, 2.05) is 36.8 Å². The lowest BCUT2D eigenvalue weighted by atomic mass is 10.2. The van der Waals surface area contributed by atoms with Crippen molar-refractivity contribution < 1.29 is 0 Å². The summed E-state index contributed by atoms with van der Waals surface area (Å²) >= 11 is 5.10. The first-order chi connectivity index (χ1) is 5.74. The summed E-state index contributed by atoms with van der Waals surface area (Å²) in [6.07, 6.45) is 4.08. The van der Waals surface area contributed by atoms with Crippen molar-refractivity contribution in [1.82, 2.24) is 0 Å². The number of rotatable bonds is 1. The number of hydrogen-bond donors (Lipinski definition) is 1. The maximum absolute atomic E-state index is 5.40. The summed E-state index contributed by atoms with van der Waals surface area (Å²) in [6.45, 7) is 0.611. The second-order valence-electron chi connectivity index (χ2n) is 2.24. The molecule has 68 valence electrons. The van der Waals surface area contributed by atoms with E-state index in [1.54, 1.807) is 11.8 Å². The van der Waals surface area contributed by atoms with Crippen LogP contribution in [0.25, 0.3) is 0 Å². The molecule has 0 aromatic heterocycles. The Morgan fingerprint density at radius 2 is 2.00 bits per heavy atom. The molecule has 1 rings (SSSR count). The summed E-state index contributed by atoms with van der Waals surface area (Å²) in [6, 6.07) is 7.98. The fraction of sp³-hybridized carbons (Fsp3) is 0.333. The molecule has 0 heterocycles. The molecule has 0 aliphatic carbocycles. The predicted octanol–water partition coefficient (Wildman–Crippen LogP) is 2.89. The van der Waals surface area contributed by atoms with Gasteiger partial charge in [0.1, 0.15) is 0 Å². The third kappa shape index (κ3) is 5.63. The van der Waals surface area contributed by atoms with E-state index in [0.29, 0.717) is 6.54 Å². The molecular formula is C9H14BrNS. The zero-order chi connectivity index (χ0) is 9.40. The van der Waals surface area contributed by atoms with Gasteiger partial charge in [-0.15, -0.1) is 0 Å². The van der Waals surface area contributed by atoms with Crippen molar-refractivity contribution in [1.29, 1.82) is 0 Å². The lowest BCUT2D eigenvalue weighted by Crippen LogP contribution is -1.94. The van der Waals surface area contributed by atoms with Crippen LogP contribution < -0.4 is 5.73 Å². The Hall–Kier alpha value is 0.01000. The normalized spacial score (nSPS) is 8.67. The standard InChI is InChI=1S/C7H8BrN.C2H6S/c8-7-3-1-2-6(4-7)5-9;1-3-2/h1-4H,5,9H2;1-2H3. The molecule has 0 bridgehead atoms. The molecule has 12 heavy (non-hydrogen) atoms. The summed E-state index contributed by atoms with van der Waals surface area (Å²) in [5.41, 5.74) is 6.55. The van der Waals surface area contributed by atoms with Crippen LogP contribution in [0.3, 0.4) is 0 Å². The van der Waals surface area contributed by atoms with Crippen LogP contribution in [-0.2, 0) is 6.54 Å². The first-order valence-corrected chi connectivity index (χ1v) is 6.01. The second-order valence-corrected chi connectivity index (χ2v) is 3.97. The van der Waals surface area contributed by atoms with E-state index in [1.165, 1.54) is 0 Å². The third-order valence-electron chi connectivity index (χ3n) is 1.12. The van der Waals surface area contributed by atoms with Crippen LogP contribution in [0.15, 0.2) is 28.7 Å². The monoisotopic (exact) mass is 247 g/mol. The first kappa shape index (κ1) is 12.0.